The quantitative estimate of drug-likeness (QED) is 0.148. The van der Waals surface area contributed by atoms with Gasteiger partial charge in [0.15, 0.2) is 0 Å². The first-order chi connectivity index (χ1) is 22.0. The van der Waals surface area contributed by atoms with E-state index in [2.05, 4.69) is 16.0 Å². The van der Waals surface area contributed by atoms with Gasteiger partial charge in [-0.2, -0.15) is 0 Å². The van der Waals surface area contributed by atoms with Crippen molar-refractivity contribution >= 4 is 29.6 Å². The van der Waals surface area contributed by atoms with Crippen LogP contribution in [0.5, 0.6) is 0 Å². The minimum atomic E-state index is -1.09. The van der Waals surface area contributed by atoms with E-state index in [-0.39, 0.29) is 44.7 Å². The van der Waals surface area contributed by atoms with E-state index < -0.39 is 59.8 Å². The Morgan fingerprint density at radius 2 is 1.37 bits per heavy atom. The number of carbonyl (C=O) groups is 5. The van der Waals surface area contributed by atoms with Crippen LogP contribution in [0.2, 0.25) is 0 Å². The van der Waals surface area contributed by atoms with Crippen molar-refractivity contribution < 1.29 is 29.1 Å². The smallest absolute Gasteiger partial charge is 0.326 e. The fourth-order valence-corrected chi connectivity index (χ4v) is 5.61. The molecule has 1 saturated heterocycles. The van der Waals surface area contributed by atoms with Gasteiger partial charge < -0.3 is 37.4 Å². The molecule has 46 heavy (non-hydrogen) atoms. The van der Waals surface area contributed by atoms with Gasteiger partial charge in [0.25, 0.3) is 0 Å². The lowest BCUT2D eigenvalue weighted by atomic mass is 9.99. The molecule has 0 unspecified atom stereocenters. The maximum atomic E-state index is 13.8. The van der Waals surface area contributed by atoms with Crippen LogP contribution in [-0.4, -0.2) is 82.9 Å². The molecular formula is C34H48N6O6. The molecule has 0 aliphatic carbocycles. The Kier molecular flexibility index (Phi) is 14.2. The monoisotopic (exact) mass is 636 g/mol. The van der Waals surface area contributed by atoms with E-state index in [0.717, 1.165) is 11.1 Å². The lowest BCUT2D eigenvalue weighted by molar-refractivity contribution is -0.149. The average Bonchev–Trinajstić information content (AvgIpc) is 3.53. The van der Waals surface area contributed by atoms with Crippen molar-refractivity contribution in [3.63, 3.8) is 0 Å². The fraction of sp³-hybridized carbons (Fsp3) is 0.500. The Morgan fingerprint density at radius 3 is 1.93 bits per heavy atom. The first-order valence-electron chi connectivity index (χ1n) is 16.0. The summed E-state index contributed by atoms with van der Waals surface area (Å²) in [5, 5.41) is 18.0. The van der Waals surface area contributed by atoms with Gasteiger partial charge in [0, 0.05) is 13.0 Å². The van der Waals surface area contributed by atoms with E-state index in [1.807, 2.05) is 74.5 Å². The summed E-state index contributed by atoms with van der Waals surface area (Å²) in [6.45, 7) is 4.36. The van der Waals surface area contributed by atoms with E-state index in [0.29, 0.717) is 19.3 Å². The van der Waals surface area contributed by atoms with Crippen molar-refractivity contribution in [3.8, 4) is 0 Å². The number of aliphatic carboxylic acids is 1. The van der Waals surface area contributed by atoms with Gasteiger partial charge in [0.2, 0.25) is 23.6 Å². The van der Waals surface area contributed by atoms with Crippen LogP contribution < -0.4 is 27.4 Å². The molecule has 1 fully saturated rings. The summed E-state index contributed by atoms with van der Waals surface area (Å²) in [5.74, 6) is -3.23. The lowest BCUT2D eigenvalue weighted by Crippen LogP contribution is -2.59. The highest BCUT2D eigenvalue weighted by atomic mass is 16.4. The zero-order chi connectivity index (χ0) is 33.6. The van der Waals surface area contributed by atoms with Crippen molar-refractivity contribution in [1.29, 1.82) is 0 Å². The summed E-state index contributed by atoms with van der Waals surface area (Å²) in [6.07, 6.45) is 2.24. The number of carboxylic acid groups (broad SMARTS) is 1. The number of benzene rings is 2. The predicted molar refractivity (Wildman–Crippen MR) is 174 cm³/mol. The third-order valence-corrected chi connectivity index (χ3v) is 8.02. The second kappa shape index (κ2) is 18.0. The number of carbonyl (C=O) groups excluding carboxylic acids is 4. The van der Waals surface area contributed by atoms with Crippen LogP contribution in [-0.2, 0) is 36.8 Å². The minimum Gasteiger partial charge on any atom is -0.480 e. The topological polar surface area (TPSA) is 197 Å². The average molecular weight is 637 g/mol. The van der Waals surface area contributed by atoms with Crippen molar-refractivity contribution in [2.45, 2.75) is 89.0 Å². The number of carboxylic acids is 1. The fourth-order valence-electron chi connectivity index (χ4n) is 5.61. The molecular weight excluding hydrogens is 588 g/mol. The number of hydrogen-bond donors (Lipinski definition) is 6. The largest absolute Gasteiger partial charge is 0.480 e. The molecule has 0 bridgehead atoms. The molecule has 12 nitrogen and oxygen atoms in total. The molecule has 12 heteroatoms. The van der Waals surface area contributed by atoms with Crippen molar-refractivity contribution in [3.05, 3.63) is 71.8 Å². The number of nitrogens with two attached hydrogens (primary N) is 2. The van der Waals surface area contributed by atoms with Gasteiger partial charge in [-0.05, 0) is 62.1 Å². The molecule has 2 aromatic carbocycles. The van der Waals surface area contributed by atoms with Crippen LogP contribution in [0.4, 0.5) is 0 Å². The Hall–Kier alpha value is -4.29. The minimum absolute atomic E-state index is 0.00863. The molecule has 1 heterocycles. The van der Waals surface area contributed by atoms with Gasteiger partial charge in [-0.1, -0.05) is 74.5 Å². The number of rotatable bonds is 17. The van der Waals surface area contributed by atoms with E-state index >= 15 is 0 Å². The summed E-state index contributed by atoms with van der Waals surface area (Å²) in [7, 11) is 0. The second-order valence-corrected chi connectivity index (χ2v) is 12.3. The van der Waals surface area contributed by atoms with Gasteiger partial charge in [0.05, 0.1) is 6.04 Å². The number of hydrogen-bond acceptors (Lipinski definition) is 7. The molecule has 1 aliphatic rings. The molecule has 1 aliphatic heterocycles. The molecule has 8 N–H and O–H groups in total. The summed E-state index contributed by atoms with van der Waals surface area (Å²) in [5.41, 5.74) is 13.6. The SMILES string of the molecule is CC(C)C[C@@H](NC(=O)[C@@H](Cc1ccccc1)NC(=O)[C@H](N)Cc1ccccc1)C(=O)N[C@H](CCCN)C(=O)N1CCC[C@H]1C(=O)O. The molecule has 2 aromatic rings. The van der Waals surface area contributed by atoms with E-state index in [1.54, 1.807) is 0 Å². The summed E-state index contributed by atoms with van der Waals surface area (Å²) in [4.78, 5) is 67.1. The standard InChI is InChI=1S/C34H48N6O6/c1-22(2)19-27(31(42)37-26(15-9-17-35)33(44)40-18-10-16-29(40)34(45)46)39-32(43)28(21-24-13-7-4-8-14-24)38-30(41)25(36)20-23-11-5-3-6-12-23/h3-8,11-14,22,25-29H,9-10,15-21,35-36H2,1-2H3,(H,37,42)(H,38,41)(H,39,43)(H,45,46)/t25-,26-,27-,28-,29+/m1/s1. The number of likely N-dealkylation sites (tertiary alicyclic amines) is 1. The Morgan fingerprint density at radius 1 is 0.826 bits per heavy atom. The summed E-state index contributed by atoms with van der Waals surface area (Å²) >= 11 is 0. The van der Waals surface area contributed by atoms with Crippen LogP contribution in [0.3, 0.4) is 0 Å². The van der Waals surface area contributed by atoms with Gasteiger partial charge >= 0.3 is 5.97 Å². The number of nitrogens with one attached hydrogen (secondary N) is 3. The van der Waals surface area contributed by atoms with Crippen LogP contribution in [0.25, 0.3) is 0 Å². The van der Waals surface area contributed by atoms with Crippen LogP contribution >= 0.6 is 0 Å². The van der Waals surface area contributed by atoms with Crippen LogP contribution in [0, 0.1) is 5.92 Å². The van der Waals surface area contributed by atoms with Gasteiger partial charge in [-0.3, -0.25) is 19.2 Å². The molecule has 0 saturated carbocycles. The second-order valence-electron chi connectivity index (χ2n) is 12.3. The summed E-state index contributed by atoms with van der Waals surface area (Å²) in [6, 6.07) is 13.6. The van der Waals surface area contributed by atoms with Crippen LogP contribution in [0.1, 0.15) is 57.1 Å². The normalized spacial score (nSPS) is 17.1. The first kappa shape index (κ1) is 36.2. The predicted octanol–water partition coefficient (Wildman–Crippen LogP) is 1.11. The third-order valence-electron chi connectivity index (χ3n) is 8.02. The highest BCUT2D eigenvalue weighted by Crippen LogP contribution is 2.20. The zero-order valence-electron chi connectivity index (χ0n) is 26.7. The maximum absolute atomic E-state index is 13.8. The number of amides is 4. The molecule has 0 aromatic heterocycles. The maximum Gasteiger partial charge on any atom is 0.326 e. The van der Waals surface area contributed by atoms with E-state index in [4.69, 9.17) is 11.5 Å². The Labute approximate surface area is 270 Å². The van der Waals surface area contributed by atoms with E-state index in [9.17, 15) is 29.1 Å². The van der Waals surface area contributed by atoms with Gasteiger partial charge in [0.1, 0.15) is 24.2 Å². The lowest BCUT2D eigenvalue weighted by Gasteiger charge is -2.29. The van der Waals surface area contributed by atoms with Gasteiger partial charge in [-0.15, -0.1) is 0 Å². The van der Waals surface area contributed by atoms with Gasteiger partial charge in [-0.25, -0.2) is 4.79 Å². The molecule has 4 amide bonds. The van der Waals surface area contributed by atoms with Crippen molar-refractivity contribution in [2.24, 2.45) is 17.4 Å². The molecule has 0 spiro atoms. The highest BCUT2D eigenvalue weighted by molar-refractivity contribution is 5.95. The molecule has 250 valence electrons. The van der Waals surface area contributed by atoms with E-state index in [1.165, 1.54) is 4.90 Å². The molecule has 5 atom stereocenters. The van der Waals surface area contributed by atoms with Crippen molar-refractivity contribution in [2.75, 3.05) is 13.1 Å². The molecule has 0 radical (unpaired) electrons. The van der Waals surface area contributed by atoms with Crippen molar-refractivity contribution in [1.82, 2.24) is 20.9 Å². The first-order valence-corrected chi connectivity index (χ1v) is 16.0. The Balaban J connectivity index is 1.78. The number of nitrogens with zero attached hydrogens (tertiary/aromatic N) is 1. The van der Waals surface area contributed by atoms with Crippen LogP contribution in [0.15, 0.2) is 60.7 Å². The third kappa shape index (κ3) is 11.0. The zero-order valence-corrected chi connectivity index (χ0v) is 26.7. The Bertz CT molecular complexity index is 1310. The summed E-state index contributed by atoms with van der Waals surface area (Å²) < 4.78 is 0. The highest BCUT2D eigenvalue weighted by Gasteiger charge is 2.38. The molecule has 3 rings (SSSR count).